The SMILES string of the molecule is CCOC(C)COC=CC#N. The van der Waals surface area contributed by atoms with Crippen molar-refractivity contribution in [3.63, 3.8) is 0 Å². The van der Waals surface area contributed by atoms with Crippen LogP contribution < -0.4 is 0 Å². The molecule has 0 aliphatic heterocycles. The highest BCUT2D eigenvalue weighted by Gasteiger charge is 1.97. The summed E-state index contributed by atoms with van der Waals surface area (Å²) in [6, 6.07) is 1.83. The summed E-state index contributed by atoms with van der Waals surface area (Å²) in [4.78, 5) is 0. The Morgan fingerprint density at radius 3 is 2.91 bits per heavy atom. The Kier molecular flexibility index (Phi) is 6.45. The zero-order chi connectivity index (χ0) is 8.53. The zero-order valence-electron chi connectivity index (χ0n) is 6.91. The molecule has 0 aromatic rings. The largest absolute Gasteiger partial charge is 0.498 e. The first-order valence-electron chi connectivity index (χ1n) is 3.59. The number of rotatable bonds is 5. The monoisotopic (exact) mass is 155 g/mol. The van der Waals surface area contributed by atoms with Crippen molar-refractivity contribution in [2.75, 3.05) is 13.2 Å². The van der Waals surface area contributed by atoms with Crippen LogP contribution in [0.5, 0.6) is 0 Å². The van der Waals surface area contributed by atoms with E-state index in [1.807, 2.05) is 19.9 Å². The molecule has 0 spiro atoms. The van der Waals surface area contributed by atoms with Gasteiger partial charge in [-0.05, 0) is 13.8 Å². The Bertz CT molecular complexity index is 149. The van der Waals surface area contributed by atoms with Crippen molar-refractivity contribution in [2.24, 2.45) is 0 Å². The maximum atomic E-state index is 8.09. The first-order chi connectivity index (χ1) is 5.31. The summed E-state index contributed by atoms with van der Waals surface area (Å²) in [5, 5.41) is 8.09. The molecule has 0 aromatic carbocycles. The second-order valence-corrected chi connectivity index (χ2v) is 2.03. The molecule has 0 bridgehead atoms. The van der Waals surface area contributed by atoms with E-state index in [0.29, 0.717) is 13.2 Å². The fraction of sp³-hybridized carbons (Fsp3) is 0.625. The standard InChI is InChI=1S/C8H13NO2/c1-3-11-8(2)7-10-6-4-5-9/h4,6,8H,3,7H2,1-2H3. The highest BCUT2D eigenvalue weighted by molar-refractivity contribution is 4.97. The van der Waals surface area contributed by atoms with E-state index in [-0.39, 0.29) is 6.10 Å². The van der Waals surface area contributed by atoms with Crippen molar-refractivity contribution < 1.29 is 9.47 Å². The maximum Gasteiger partial charge on any atom is 0.113 e. The molecular weight excluding hydrogens is 142 g/mol. The molecule has 0 heterocycles. The minimum absolute atomic E-state index is 0.0864. The Labute approximate surface area is 67.2 Å². The average Bonchev–Trinajstić information content (AvgIpc) is 1.99. The van der Waals surface area contributed by atoms with Gasteiger partial charge in [0.05, 0.1) is 24.5 Å². The van der Waals surface area contributed by atoms with Gasteiger partial charge in [0.25, 0.3) is 0 Å². The van der Waals surface area contributed by atoms with Crippen molar-refractivity contribution >= 4 is 0 Å². The topological polar surface area (TPSA) is 42.2 Å². The highest BCUT2D eigenvalue weighted by Crippen LogP contribution is 1.91. The highest BCUT2D eigenvalue weighted by atomic mass is 16.5. The first kappa shape index (κ1) is 9.99. The van der Waals surface area contributed by atoms with Gasteiger partial charge in [-0.15, -0.1) is 0 Å². The molecular formula is C8H13NO2. The molecule has 11 heavy (non-hydrogen) atoms. The number of nitrogens with zero attached hydrogens (tertiary/aromatic N) is 1. The van der Waals surface area contributed by atoms with E-state index in [1.54, 1.807) is 0 Å². The van der Waals surface area contributed by atoms with Crippen LogP contribution in [0.3, 0.4) is 0 Å². The van der Waals surface area contributed by atoms with E-state index >= 15 is 0 Å². The molecule has 0 N–H and O–H groups in total. The van der Waals surface area contributed by atoms with Crippen LogP contribution in [0.15, 0.2) is 12.3 Å². The Morgan fingerprint density at radius 1 is 1.64 bits per heavy atom. The van der Waals surface area contributed by atoms with E-state index < -0.39 is 0 Å². The smallest absolute Gasteiger partial charge is 0.113 e. The molecule has 0 saturated carbocycles. The summed E-state index contributed by atoms with van der Waals surface area (Å²) < 4.78 is 10.1. The van der Waals surface area contributed by atoms with E-state index in [4.69, 9.17) is 14.7 Å². The van der Waals surface area contributed by atoms with Gasteiger partial charge in [-0.25, -0.2) is 0 Å². The van der Waals surface area contributed by atoms with Gasteiger partial charge in [0.15, 0.2) is 0 Å². The number of hydrogen-bond donors (Lipinski definition) is 0. The van der Waals surface area contributed by atoms with Crippen molar-refractivity contribution in [3.05, 3.63) is 12.3 Å². The van der Waals surface area contributed by atoms with Crippen LogP contribution in [-0.2, 0) is 9.47 Å². The van der Waals surface area contributed by atoms with Crippen LogP contribution >= 0.6 is 0 Å². The molecule has 0 rings (SSSR count). The number of nitriles is 1. The van der Waals surface area contributed by atoms with E-state index in [1.165, 1.54) is 12.3 Å². The second kappa shape index (κ2) is 7.10. The first-order valence-corrected chi connectivity index (χ1v) is 3.59. The van der Waals surface area contributed by atoms with Crippen molar-refractivity contribution in [3.8, 4) is 6.07 Å². The lowest BCUT2D eigenvalue weighted by molar-refractivity contribution is 0.0269. The molecule has 0 aliphatic carbocycles. The number of allylic oxidation sites excluding steroid dienone is 1. The van der Waals surface area contributed by atoms with Gasteiger partial charge in [-0.1, -0.05) is 0 Å². The third-order valence-corrected chi connectivity index (χ3v) is 1.02. The Balaban J connectivity index is 3.25. The summed E-state index contributed by atoms with van der Waals surface area (Å²) in [6.45, 7) is 5.03. The lowest BCUT2D eigenvalue weighted by Crippen LogP contribution is -2.13. The van der Waals surface area contributed by atoms with Crippen LogP contribution in [0.2, 0.25) is 0 Å². The second-order valence-electron chi connectivity index (χ2n) is 2.03. The molecule has 0 amide bonds. The molecule has 1 atom stereocenters. The van der Waals surface area contributed by atoms with E-state index in [9.17, 15) is 0 Å². The Hall–Kier alpha value is -1.01. The van der Waals surface area contributed by atoms with Crippen LogP contribution in [0, 0.1) is 11.3 Å². The summed E-state index contributed by atoms with van der Waals surface area (Å²) in [5.74, 6) is 0. The third kappa shape index (κ3) is 6.88. The van der Waals surface area contributed by atoms with Crippen molar-refractivity contribution in [2.45, 2.75) is 20.0 Å². The summed E-state index contributed by atoms with van der Waals surface area (Å²) >= 11 is 0. The van der Waals surface area contributed by atoms with Crippen LogP contribution in [-0.4, -0.2) is 19.3 Å². The zero-order valence-corrected chi connectivity index (χ0v) is 6.91. The molecule has 0 fully saturated rings. The molecule has 3 heteroatoms. The van der Waals surface area contributed by atoms with Crippen molar-refractivity contribution in [1.82, 2.24) is 0 Å². The van der Waals surface area contributed by atoms with Gasteiger partial charge in [0.1, 0.15) is 6.61 Å². The predicted molar refractivity (Wildman–Crippen MR) is 41.8 cm³/mol. The lowest BCUT2D eigenvalue weighted by atomic mass is 10.4. The summed E-state index contributed by atoms with van der Waals surface area (Å²) in [6.07, 6.45) is 2.75. The van der Waals surface area contributed by atoms with E-state index in [2.05, 4.69) is 0 Å². The van der Waals surface area contributed by atoms with Gasteiger partial charge < -0.3 is 9.47 Å². The predicted octanol–water partition coefficient (Wildman–Crippen LogP) is 1.47. The molecule has 1 unspecified atom stereocenters. The molecule has 0 aromatic heterocycles. The third-order valence-electron chi connectivity index (χ3n) is 1.02. The van der Waals surface area contributed by atoms with Gasteiger partial charge in [0, 0.05) is 6.61 Å². The fourth-order valence-electron chi connectivity index (χ4n) is 0.602. The van der Waals surface area contributed by atoms with Crippen LogP contribution in [0.1, 0.15) is 13.8 Å². The minimum Gasteiger partial charge on any atom is -0.498 e. The van der Waals surface area contributed by atoms with Gasteiger partial charge >= 0.3 is 0 Å². The normalized spacial score (nSPS) is 12.8. The number of hydrogen-bond acceptors (Lipinski definition) is 3. The Morgan fingerprint density at radius 2 is 2.36 bits per heavy atom. The summed E-state index contributed by atoms with van der Waals surface area (Å²) in [7, 11) is 0. The molecule has 0 saturated heterocycles. The molecule has 62 valence electrons. The molecule has 3 nitrogen and oxygen atoms in total. The maximum absolute atomic E-state index is 8.09. The van der Waals surface area contributed by atoms with Crippen LogP contribution in [0.4, 0.5) is 0 Å². The van der Waals surface area contributed by atoms with Crippen molar-refractivity contribution in [1.29, 1.82) is 5.26 Å². The van der Waals surface area contributed by atoms with Gasteiger partial charge in [0.2, 0.25) is 0 Å². The molecule has 0 aliphatic rings. The lowest BCUT2D eigenvalue weighted by Gasteiger charge is -2.09. The molecule has 0 radical (unpaired) electrons. The summed E-state index contributed by atoms with van der Waals surface area (Å²) in [5.41, 5.74) is 0. The average molecular weight is 155 g/mol. The number of ether oxygens (including phenoxy) is 2. The van der Waals surface area contributed by atoms with Gasteiger partial charge in [-0.2, -0.15) is 5.26 Å². The fourth-order valence-corrected chi connectivity index (χ4v) is 0.602. The van der Waals surface area contributed by atoms with E-state index in [0.717, 1.165) is 0 Å². The minimum atomic E-state index is 0.0864. The quantitative estimate of drug-likeness (QED) is 0.446. The van der Waals surface area contributed by atoms with Gasteiger partial charge in [-0.3, -0.25) is 0 Å². The van der Waals surface area contributed by atoms with Crippen LogP contribution in [0.25, 0.3) is 0 Å².